The number of benzene rings is 1. The minimum absolute atomic E-state index is 0.249. The van der Waals surface area contributed by atoms with Gasteiger partial charge in [-0.05, 0) is 72.3 Å². The van der Waals surface area contributed by atoms with E-state index in [4.69, 9.17) is 17.3 Å². The lowest BCUT2D eigenvalue weighted by Crippen LogP contribution is -2.40. The Morgan fingerprint density at radius 2 is 2.00 bits per heavy atom. The molecule has 1 atom stereocenters. The van der Waals surface area contributed by atoms with Gasteiger partial charge in [0.2, 0.25) is 0 Å². The Kier molecular flexibility index (Phi) is 5.91. The standard InChI is InChI=1S/C16H24BrClN2/c1-11-3-6-13(7-4-11)20(2)16(10-19)12-5-8-14(17)15(18)9-12/h5,8-9,11,13,16H,3-4,6-7,10,19H2,1-2H3. The Morgan fingerprint density at radius 1 is 1.35 bits per heavy atom. The van der Waals surface area contributed by atoms with E-state index in [-0.39, 0.29) is 6.04 Å². The molecule has 0 aromatic heterocycles. The first-order chi connectivity index (χ1) is 9.52. The van der Waals surface area contributed by atoms with Crippen molar-refractivity contribution in [2.24, 2.45) is 11.7 Å². The number of rotatable bonds is 4. The van der Waals surface area contributed by atoms with E-state index in [2.05, 4.69) is 40.9 Å². The predicted molar refractivity (Wildman–Crippen MR) is 90.1 cm³/mol. The number of hydrogen-bond acceptors (Lipinski definition) is 2. The van der Waals surface area contributed by atoms with Gasteiger partial charge in [0.15, 0.2) is 0 Å². The zero-order chi connectivity index (χ0) is 14.7. The van der Waals surface area contributed by atoms with Gasteiger partial charge in [0.05, 0.1) is 5.02 Å². The first-order valence-corrected chi connectivity index (χ1v) is 8.57. The van der Waals surface area contributed by atoms with Crippen LogP contribution >= 0.6 is 27.5 Å². The first-order valence-electron chi connectivity index (χ1n) is 7.40. The molecule has 1 saturated carbocycles. The van der Waals surface area contributed by atoms with Crippen LogP contribution in [-0.4, -0.2) is 24.5 Å². The third kappa shape index (κ3) is 3.76. The summed E-state index contributed by atoms with van der Waals surface area (Å²) in [4.78, 5) is 2.45. The lowest BCUT2D eigenvalue weighted by atomic mass is 9.86. The molecule has 112 valence electrons. The number of likely N-dealkylation sites (N-methyl/N-ethyl adjacent to an activating group) is 1. The molecule has 2 nitrogen and oxygen atoms in total. The highest BCUT2D eigenvalue weighted by molar-refractivity contribution is 9.10. The lowest BCUT2D eigenvalue weighted by molar-refractivity contribution is 0.126. The SMILES string of the molecule is CC1CCC(N(C)C(CN)c2ccc(Br)c(Cl)c2)CC1. The molecule has 2 rings (SSSR count). The topological polar surface area (TPSA) is 29.3 Å². The highest BCUT2D eigenvalue weighted by Gasteiger charge is 2.27. The normalized spacial score (nSPS) is 24.9. The average molecular weight is 360 g/mol. The predicted octanol–water partition coefficient (Wildman–Crippen LogP) is 4.61. The summed E-state index contributed by atoms with van der Waals surface area (Å²) in [6, 6.07) is 7.05. The summed E-state index contributed by atoms with van der Waals surface area (Å²) in [5.74, 6) is 0.873. The van der Waals surface area contributed by atoms with Crippen LogP contribution in [0.5, 0.6) is 0 Å². The van der Waals surface area contributed by atoms with Gasteiger partial charge in [-0.15, -0.1) is 0 Å². The van der Waals surface area contributed by atoms with Crippen LogP contribution in [-0.2, 0) is 0 Å². The van der Waals surface area contributed by atoms with Crippen molar-refractivity contribution in [1.82, 2.24) is 4.90 Å². The molecular formula is C16H24BrClN2. The average Bonchev–Trinajstić information content (AvgIpc) is 2.44. The van der Waals surface area contributed by atoms with Crippen molar-refractivity contribution in [3.8, 4) is 0 Å². The van der Waals surface area contributed by atoms with Crippen molar-refractivity contribution in [3.63, 3.8) is 0 Å². The zero-order valence-electron chi connectivity index (χ0n) is 12.3. The fraction of sp³-hybridized carbons (Fsp3) is 0.625. The van der Waals surface area contributed by atoms with Crippen LogP contribution in [0.2, 0.25) is 5.02 Å². The third-order valence-electron chi connectivity index (χ3n) is 4.60. The molecular weight excluding hydrogens is 336 g/mol. The van der Waals surface area contributed by atoms with Gasteiger partial charge in [0.1, 0.15) is 0 Å². The van der Waals surface area contributed by atoms with Crippen molar-refractivity contribution in [1.29, 1.82) is 0 Å². The molecule has 0 bridgehead atoms. The molecule has 2 N–H and O–H groups in total. The monoisotopic (exact) mass is 358 g/mol. The van der Waals surface area contributed by atoms with Crippen LogP contribution in [0.4, 0.5) is 0 Å². The highest BCUT2D eigenvalue weighted by atomic mass is 79.9. The molecule has 0 radical (unpaired) electrons. The summed E-state index contributed by atoms with van der Waals surface area (Å²) in [6.45, 7) is 2.98. The molecule has 0 heterocycles. The number of hydrogen-bond donors (Lipinski definition) is 1. The number of nitrogens with zero attached hydrogens (tertiary/aromatic N) is 1. The molecule has 4 heteroatoms. The molecule has 1 fully saturated rings. The van der Waals surface area contributed by atoms with Gasteiger partial charge in [0.25, 0.3) is 0 Å². The van der Waals surface area contributed by atoms with E-state index in [0.717, 1.165) is 15.4 Å². The second kappa shape index (κ2) is 7.26. The van der Waals surface area contributed by atoms with E-state index in [1.807, 2.05) is 12.1 Å². The van der Waals surface area contributed by atoms with E-state index in [9.17, 15) is 0 Å². The summed E-state index contributed by atoms with van der Waals surface area (Å²) in [5.41, 5.74) is 7.24. The summed E-state index contributed by atoms with van der Waals surface area (Å²) >= 11 is 9.66. The van der Waals surface area contributed by atoms with Crippen molar-refractivity contribution < 1.29 is 0 Å². The van der Waals surface area contributed by atoms with E-state index < -0.39 is 0 Å². The van der Waals surface area contributed by atoms with E-state index in [1.165, 1.54) is 31.2 Å². The quantitative estimate of drug-likeness (QED) is 0.850. The molecule has 0 aliphatic heterocycles. The smallest absolute Gasteiger partial charge is 0.0551 e. The zero-order valence-corrected chi connectivity index (χ0v) is 14.6. The molecule has 1 aliphatic rings. The summed E-state index contributed by atoms with van der Waals surface area (Å²) in [5, 5.41) is 0.756. The number of nitrogens with two attached hydrogens (primary N) is 1. The van der Waals surface area contributed by atoms with Crippen LogP contribution in [0.1, 0.15) is 44.2 Å². The van der Waals surface area contributed by atoms with Crippen molar-refractivity contribution in [3.05, 3.63) is 33.3 Å². The molecule has 1 aromatic rings. The summed E-state index contributed by atoms with van der Waals surface area (Å²) in [7, 11) is 2.20. The van der Waals surface area contributed by atoms with Gasteiger partial charge in [0, 0.05) is 23.1 Å². The van der Waals surface area contributed by atoms with Crippen LogP contribution in [0, 0.1) is 5.92 Å². The minimum atomic E-state index is 0.249. The molecule has 20 heavy (non-hydrogen) atoms. The second-order valence-corrected chi connectivity index (χ2v) is 7.27. The molecule has 0 saturated heterocycles. The minimum Gasteiger partial charge on any atom is -0.329 e. The van der Waals surface area contributed by atoms with Crippen molar-refractivity contribution in [2.75, 3.05) is 13.6 Å². The van der Waals surface area contributed by atoms with E-state index in [0.29, 0.717) is 12.6 Å². The van der Waals surface area contributed by atoms with Crippen LogP contribution in [0.3, 0.4) is 0 Å². The van der Waals surface area contributed by atoms with E-state index >= 15 is 0 Å². The second-order valence-electron chi connectivity index (χ2n) is 6.00. The maximum absolute atomic E-state index is 6.22. The van der Waals surface area contributed by atoms with Crippen LogP contribution in [0.25, 0.3) is 0 Å². The lowest BCUT2D eigenvalue weighted by Gasteiger charge is -2.38. The largest absolute Gasteiger partial charge is 0.329 e. The fourth-order valence-electron chi connectivity index (χ4n) is 3.16. The van der Waals surface area contributed by atoms with Gasteiger partial charge in [-0.25, -0.2) is 0 Å². The Bertz CT molecular complexity index is 444. The maximum Gasteiger partial charge on any atom is 0.0551 e. The maximum atomic E-state index is 6.22. The summed E-state index contributed by atoms with van der Waals surface area (Å²) in [6.07, 6.45) is 5.21. The van der Waals surface area contributed by atoms with Gasteiger partial charge in [-0.3, -0.25) is 4.90 Å². The van der Waals surface area contributed by atoms with Gasteiger partial charge in [-0.2, -0.15) is 0 Å². The van der Waals surface area contributed by atoms with Gasteiger partial charge in [-0.1, -0.05) is 24.6 Å². The highest BCUT2D eigenvalue weighted by Crippen LogP contribution is 2.33. The summed E-state index contributed by atoms with van der Waals surface area (Å²) < 4.78 is 0.938. The van der Waals surface area contributed by atoms with Crippen LogP contribution in [0.15, 0.2) is 22.7 Å². The Hall–Kier alpha value is -0.0900. The fourth-order valence-corrected chi connectivity index (χ4v) is 3.60. The Labute approximate surface area is 135 Å². The van der Waals surface area contributed by atoms with Gasteiger partial charge >= 0.3 is 0 Å². The Balaban J connectivity index is 2.12. The number of halogens is 2. The Morgan fingerprint density at radius 3 is 2.55 bits per heavy atom. The molecule has 0 amide bonds. The van der Waals surface area contributed by atoms with E-state index in [1.54, 1.807) is 0 Å². The van der Waals surface area contributed by atoms with Gasteiger partial charge < -0.3 is 5.73 Å². The molecule has 1 aromatic carbocycles. The molecule has 0 spiro atoms. The van der Waals surface area contributed by atoms with Crippen LogP contribution < -0.4 is 5.73 Å². The first kappa shape index (κ1) is 16.3. The van der Waals surface area contributed by atoms with Crippen molar-refractivity contribution >= 4 is 27.5 Å². The third-order valence-corrected chi connectivity index (χ3v) is 5.84. The molecule has 1 aliphatic carbocycles. The molecule has 1 unspecified atom stereocenters. The van der Waals surface area contributed by atoms with Crippen molar-refractivity contribution in [2.45, 2.75) is 44.7 Å².